The van der Waals surface area contributed by atoms with Gasteiger partial charge in [-0.15, -0.1) is 0 Å². The summed E-state index contributed by atoms with van der Waals surface area (Å²) in [7, 11) is 0. The number of halogens is 2. The van der Waals surface area contributed by atoms with Gasteiger partial charge < -0.3 is 0 Å². The lowest BCUT2D eigenvalue weighted by atomic mass is 10.0. The fourth-order valence-corrected chi connectivity index (χ4v) is 5.46. The predicted octanol–water partition coefficient (Wildman–Crippen LogP) is 5.87. The molecule has 0 bridgehead atoms. The van der Waals surface area contributed by atoms with Crippen molar-refractivity contribution in [2.75, 3.05) is 26.3 Å². The van der Waals surface area contributed by atoms with E-state index in [-0.39, 0.29) is 23.7 Å². The van der Waals surface area contributed by atoms with E-state index < -0.39 is 0 Å². The molecule has 1 aliphatic heterocycles. The van der Waals surface area contributed by atoms with Crippen LogP contribution in [0.3, 0.4) is 0 Å². The summed E-state index contributed by atoms with van der Waals surface area (Å²) < 4.78 is 28.9. The van der Waals surface area contributed by atoms with Crippen LogP contribution in [0.15, 0.2) is 48.5 Å². The predicted molar refractivity (Wildman–Crippen MR) is 119 cm³/mol. The second kappa shape index (κ2) is 10.1. The van der Waals surface area contributed by atoms with Gasteiger partial charge in [-0.05, 0) is 49.9 Å². The monoisotopic (exact) mass is 418 g/mol. The second-order valence-electron chi connectivity index (χ2n) is 8.45. The van der Waals surface area contributed by atoms with Crippen molar-refractivity contribution in [3.05, 3.63) is 71.0 Å². The van der Waals surface area contributed by atoms with Crippen molar-refractivity contribution < 1.29 is 8.78 Å². The first-order chi connectivity index (χ1) is 13.9. The van der Waals surface area contributed by atoms with Gasteiger partial charge >= 0.3 is 0 Å². The summed E-state index contributed by atoms with van der Waals surface area (Å²) in [6, 6.07) is 16.2. The summed E-state index contributed by atoms with van der Waals surface area (Å²) in [5, 5.41) is 0.118. The molecular weight excluding hydrogens is 386 g/mol. The second-order valence-corrected chi connectivity index (χ2v) is 9.65. The van der Waals surface area contributed by atoms with Crippen LogP contribution in [0, 0.1) is 18.7 Å². The fourth-order valence-electron chi connectivity index (χ4n) is 4.00. The molecule has 5 heteroatoms. The smallest absolute Gasteiger partial charge is 0.123 e. The topological polar surface area (TPSA) is 6.48 Å². The van der Waals surface area contributed by atoms with E-state index in [2.05, 4.69) is 54.2 Å². The van der Waals surface area contributed by atoms with Gasteiger partial charge in [0, 0.05) is 31.7 Å². The van der Waals surface area contributed by atoms with Gasteiger partial charge in [0.05, 0.1) is 11.9 Å². The largest absolute Gasteiger partial charge is 0.295 e. The van der Waals surface area contributed by atoms with E-state index in [0.29, 0.717) is 12.1 Å². The molecule has 1 saturated heterocycles. The van der Waals surface area contributed by atoms with Gasteiger partial charge in [0.2, 0.25) is 0 Å². The summed E-state index contributed by atoms with van der Waals surface area (Å²) >= 11 is 1.83. The highest BCUT2D eigenvalue weighted by molar-refractivity contribution is 7.97. The average Bonchev–Trinajstić information content (AvgIpc) is 2.70. The van der Waals surface area contributed by atoms with Crippen LogP contribution in [0.1, 0.15) is 42.7 Å². The van der Waals surface area contributed by atoms with Crippen molar-refractivity contribution in [2.45, 2.75) is 45.0 Å². The number of aryl methyl sites for hydroxylation is 1. The average molecular weight is 419 g/mol. The molecule has 0 spiro atoms. The molecule has 4 unspecified atom stereocenters. The number of benzene rings is 2. The molecule has 2 nitrogen and oxygen atoms in total. The minimum absolute atomic E-state index is 0.0682. The Hall–Kier alpha value is -1.43. The molecule has 29 heavy (non-hydrogen) atoms. The first kappa shape index (κ1) is 22.3. The lowest BCUT2D eigenvalue weighted by molar-refractivity contribution is 0.0638. The highest BCUT2D eigenvalue weighted by atomic mass is 32.2. The molecule has 1 heterocycles. The van der Waals surface area contributed by atoms with E-state index in [1.54, 1.807) is 12.1 Å². The maximum atomic E-state index is 13.5. The van der Waals surface area contributed by atoms with Crippen molar-refractivity contribution in [2.24, 2.45) is 5.92 Å². The Morgan fingerprint density at radius 3 is 2.00 bits per heavy atom. The standard InChI is InChI=1S/C24H32F2N2S/c1-17-5-7-21(8-6-17)24(22-9-11-23(26)12-10-22)29-27-15-19(3)28(20(4)16-27)14-18(2)13-25/h5-12,18-20,24H,13-16H2,1-4H3. The van der Waals surface area contributed by atoms with Crippen LogP contribution < -0.4 is 0 Å². The van der Waals surface area contributed by atoms with Gasteiger partial charge in [-0.3, -0.25) is 9.29 Å². The lowest BCUT2D eigenvalue weighted by Gasteiger charge is -2.45. The lowest BCUT2D eigenvalue weighted by Crippen LogP contribution is -2.56. The zero-order chi connectivity index (χ0) is 21.0. The molecule has 0 saturated carbocycles. The van der Waals surface area contributed by atoms with Gasteiger partial charge in [0.25, 0.3) is 0 Å². The van der Waals surface area contributed by atoms with E-state index in [1.807, 2.05) is 31.0 Å². The van der Waals surface area contributed by atoms with Crippen LogP contribution in [-0.4, -0.2) is 47.6 Å². The number of piperazine rings is 1. The maximum Gasteiger partial charge on any atom is 0.123 e. The van der Waals surface area contributed by atoms with Gasteiger partial charge in [-0.1, -0.05) is 60.8 Å². The van der Waals surface area contributed by atoms with Crippen LogP contribution in [0.5, 0.6) is 0 Å². The number of hydrogen-bond donors (Lipinski definition) is 0. The zero-order valence-electron chi connectivity index (χ0n) is 17.8. The SMILES string of the molecule is Cc1ccc(C(SN2CC(C)N(CC(C)CF)C(C)C2)c2ccc(F)cc2)cc1. The molecule has 0 radical (unpaired) electrons. The Labute approximate surface area is 178 Å². The first-order valence-electron chi connectivity index (χ1n) is 10.4. The minimum Gasteiger partial charge on any atom is -0.295 e. The van der Waals surface area contributed by atoms with Crippen molar-refractivity contribution in [3.8, 4) is 0 Å². The maximum absolute atomic E-state index is 13.5. The highest BCUT2D eigenvalue weighted by Crippen LogP contribution is 2.39. The summed E-state index contributed by atoms with van der Waals surface area (Å²) in [6.45, 7) is 10.9. The van der Waals surface area contributed by atoms with Crippen LogP contribution in [0.2, 0.25) is 0 Å². The number of rotatable bonds is 7. The highest BCUT2D eigenvalue weighted by Gasteiger charge is 2.32. The molecular formula is C24H32F2N2S. The van der Waals surface area contributed by atoms with Crippen LogP contribution in [-0.2, 0) is 0 Å². The molecule has 0 amide bonds. The van der Waals surface area contributed by atoms with Gasteiger partial charge in [-0.2, -0.15) is 0 Å². The van der Waals surface area contributed by atoms with Crippen LogP contribution in [0.25, 0.3) is 0 Å². The molecule has 0 aromatic heterocycles. The van der Waals surface area contributed by atoms with E-state index in [9.17, 15) is 8.78 Å². The van der Waals surface area contributed by atoms with Crippen molar-refractivity contribution in [1.29, 1.82) is 0 Å². The Morgan fingerprint density at radius 1 is 0.966 bits per heavy atom. The third kappa shape index (κ3) is 5.80. The quantitative estimate of drug-likeness (QED) is 0.519. The third-order valence-corrected chi connectivity index (χ3v) is 7.01. The van der Waals surface area contributed by atoms with Gasteiger partial charge in [-0.25, -0.2) is 8.70 Å². The summed E-state index contributed by atoms with van der Waals surface area (Å²) in [4.78, 5) is 2.43. The Morgan fingerprint density at radius 2 is 1.48 bits per heavy atom. The Kier molecular flexibility index (Phi) is 7.72. The molecule has 158 valence electrons. The Balaban J connectivity index is 1.78. The van der Waals surface area contributed by atoms with Gasteiger partial charge in [0.1, 0.15) is 5.82 Å². The summed E-state index contributed by atoms with van der Waals surface area (Å²) in [6.07, 6.45) is 0. The molecule has 4 atom stereocenters. The van der Waals surface area contributed by atoms with E-state index in [4.69, 9.17) is 0 Å². The number of nitrogens with zero attached hydrogens (tertiary/aromatic N) is 2. The van der Waals surface area contributed by atoms with Gasteiger partial charge in [0.15, 0.2) is 0 Å². The fraction of sp³-hybridized carbons (Fsp3) is 0.500. The summed E-state index contributed by atoms with van der Waals surface area (Å²) in [5.74, 6) is -0.141. The zero-order valence-corrected chi connectivity index (χ0v) is 18.6. The first-order valence-corrected chi connectivity index (χ1v) is 11.3. The third-order valence-electron chi connectivity index (χ3n) is 5.66. The molecule has 3 rings (SSSR count). The van der Waals surface area contributed by atoms with Crippen LogP contribution >= 0.6 is 11.9 Å². The Bertz CT molecular complexity index is 708. The molecule has 0 N–H and O–H groups in total. The molecule has 2 aromatic carbocycles. The van der Waals surface area contributed by atoms with E-state index in [1.165, 1.54) is 11.1 Å². The van der Waals surface area contributed by atoms with Crippen molar-refractivity contribution in [1.82, 2.24) is 9.21 Å². The molecule has 1 fully saturated rings. The van der Waals surface area contributed by atoms with Crippen molar-refractivity contribution >= 4 is 11.9 Å². The normalized spacial score (nSPS) is 23.1. The van der Waals surface area contributed by atoms with Crippen molar-refractivity contribution in [3.63, 3.8) is 0 Å². The van der Waals surface area contributed by atoms with E-state index >= 15 is 0 Å². The number of alkyl halides is 1. The summed E-state index contributed by atoms with van der Waals surface area (Å²) in [5.41, 5.74) is 3.56. The van der Waals surface area contributed by atoms with Crippen LogP contribution in [0.4, 0.5) is 8.78 Å². The minimum atomic E-state index is -0.269. The van der Waals surface area contributed by atoms with E-state index in [0.717, 1.165) is 25.2 Å². The molecule has 2 aromatic rings. The molecule has 0 aliphatic carbocycles. The molecule has 1 aliphatic rings. The number of hydrogen-bond acceptors (Lipinski definition) is 3.